The average Bonchev–Trinajstić information content (AvgIpc) is 2.94. The predicted octanol–water partition coefficient (Wildman–Crippen LogP) is 5.41. The topological polar surface area (TPSA) is 55.1 Å². The minimum atomic E-state index is -0.926. The normalized spacial score (nSPS) is 11.0. The van der Waals surface area contributed by atoms with Crippen LogP contribution in [0.5, 0.6) is 0 Å². The molecule has 2 aromatic heterocycles. The lowest BCUT2D eigenvalue weighted by atomic mass is 10.1. The largest absolute Gasteiger partial charge is 0.478 e. The van der Waals surface area contributed by atoms with Crippen molar-refractivity contribution in [3.63, 3.8) is 0 Å². The maximum atomic E-state index is 11.3. The number of aryl methyl sites for hydroxylation is 1. The van der Waals surface area contributed by atoms with Crippen molar-refractivity contribution in [3.05, 3.63) is 88.7 Å². The van der Waals surface area contributed by atoms with Gasteiger partial charge in [-0.05, 0) is 60.5 Å². The summed E-state index contributed by atoms with van der Waals surface area (Å²) in [5.74, 6) is -0.926. The molecule has 4 aromatic rings. The summed E-state index contributed by atoms with van der Waals surface area (Å²) in [7, 11) is 0. The SMILES string of the molecule is Cc1c(-c2cccnc2)n(Cc2cccc(C(=O)O)c2)c2ccc(Cl)cc12. The second-order valence-corrected chi connectivity index (χ2v) is 6.90. The molecule has 0 aliphatic carbocycles. The van der Waals surface area contributed by atoms with Gasteiger partial charge >= 0.3 is 5.97 Å². The first kappa shape index (κ1) is 17.3. The highest BCUT2D eigenvalue weighted by atomic mass is 35.5. The Morgan fingerprint density at radius 3 is 2.74 bits per heavy atom. The molecule has 27 heavy (non-hydrogen) atoms. The number of fused-ring (bicyclic) bond motifs is 1. The van der Waals surface area contributed by atoms with Crippen LogP contribution < -0.4 is 0 Å². The van der Waals surface area contributed by atoms with Crippen LogP contribution in [0.3, 0.4) is 0 Å². The van der Waals surface area contributed by atoms with E-state index in [0.717, 1.165) is 33.3 Å². The van der Waals surface area contributed by atoms with Crippen LogP contribution in [-0.2, 0) is 6.54 Å². The predicted molar refractivity (Wildman–Crippen MR) is 107 cm³/mol. The smallest absolute Gasteiger partial charge is 0.335 e. The van der Waals surface area contributed by atoms with Gasteiger partial charge in [-0.15, -0.1) is 0 Å². The number of aromatic nitrogens is 2. The van der Waals surface area contributed by atoms with Gasteiger partial charge in [-0.25, -0.2) is 4.79 Å². The first-order valence-electron chi connectivity index (χ1n) is 8.55. The zero-order chi connectivity index (χ0) is 19.0. The van der Waals surface area contributed by atoms with Crippen molar-refractivity contribution in [2.45, 2.75) is 13.5 Å². The molecule has 5 heteroatoms. The Labute approximate surface area is 161 Å². The van der Waals surface area contributed by atoms with Gasteiger partial charge in [0, 0.05) is 40.4 Å². The number of rotatable bonds is 4. The summed E-state index contributed by atoms with van der Waals surface area (Å²) in [5.41, 5.74) is 5.45. The fourth-order valence-electron chi connectivity index (χ4n) is 3.52. The van der Waals surface area contributed by atoms with Gasteiger partial charge < -0.3 is 9.67 Å². The molecular formula is C22H17ClN2O2. The number of nitrogens with zero attached hydrogens (tertiary/aromatic N) is 2. The highest BCUT2D eigenvalue weighted by Crippen LogP contribution is 2.35. The van der Waals surface area contributed by atoms with Crippen LogP contribution in [0, 0.1) is 6.92 Å². The Morgan fingerprint density at radius 1 is 1.15 bits per heavy atom. The van der Waals surface area contributed by atoms with Crippen LogP contribution in [0.1, 0.15) is 21.5 Å². The molecular weight excluding hydrogens is 360 g/mol. The summed E-state index contributed by atoms with van der Waals surface area (Å²) in [5, 5.41) is 11.1. The molecule has 0 bridgehead atoms. The van der Waals surface area contributed by atoms with Gasteiger partial charge in [0.05, 0.1) is 11.3 Å². The molecule has 0 amide bonds. The molecule has 0 fully saturated rings. The quantitative estimate of drug-likeness (QED) is 0.518. The van der Waals surface area contributed by atoms with E-state index in [2.05, 4.69) is 16.5 Å². The van der Waals surface area contributed by atoms with Gasteiger partial charge in [0.2, 0.25) is 0 Å². The van der Waals surface area contributed by atoms with Crippen LogP contribution in [0.4, 0.5) is 0 Å². The molecule has 134 valence electrons. The van der Waals surface area contributed by atoms with Crippen molar-refractivity contribution >= 4 is 28.5 Å². The summed E-state index contributed by atoms with van der Waals surface area (Å²) in [4.78, 5) is 15.6. The molecule has 2 heterocycles. The Bertz CT molecular complexity index is 1150. The van der Waals surface area contributed by atoms with Gasteiger partial charge in [-0.3, -0.25) is 4.98 Å². The molecule has 4 rings (SSSR count). The van der Waals surface area contributed by atoms with Crippen molar-refractivity contribution in [1.29, 1.82) is 0 Å². The van der Waals surface area contributed by atoms with Crippen LogP contribution >= 0.6 is 11.6 Å². The van der Waals surface area contributed by atoms with E-state index < -0.39 is 5.97 Å². The summed E-state index contributed by atoms with van der Waals surface area (Å²) in [6, 6.07) is 16.8. The molecule has 0 aliphatic heterocycles. The third-order valence-corrected chi connectivity index (χ3v) is 4.96. The summed E-state index contributed by atoms with van der Waals surface area (Å²) in [6.45, 7) is 2.63. The molecule has 0 radical (unpaired) electrons. The zero-order valence-electron chi connectivity index (χ0n) is 14.7. The summed E-state index contributed by atoms with van der Waals surface area (Å²) in [6.07, 6.45) is 3.59. The third kappa shape index (κ3) is 3.20. The summed E-state index contributed by atoms with van der Waals surface area (Å²) < 4.78 is 2.19. The lowest BCUT2D eigenvalue weighted by molar-refractivity contribution is 0.0696. The molecule has 0 saturated heterocycles. The maximum absolute atomic E-state index is 11.3. The number of hydrogen-bond acceptors (Lipinski definition) is 2. The van der Waals surface area contributed by atoms with E-state index >= 15 is 0 Å². The van der Waals surface area contributed by atoms with E-state index in [4.69, 9.17) is 11.6 Å². The minimum Gasteiger partial charge on any atom is -0.478 e. The van der Waals surface area contributed by atoms with Gasteiger partial charge in [0.1, 0.15) is 0 Å². The minimum absolute atomic E-state index is 0.284. The van der Waals surface area contributed by atoms with Crippen molar-refractivity contribution in [1.82, 2.24) is 9.55 Å². The molecule has 4 nitrogen and oxygen atoms in total. The Kier molecular flexibility index (Phi) is 4.42. The zero-order valence-corrected chi connectivity index (χ0v) is 15.4. The lowest BCUT2D eigenvalue weighted by Crippen LogP contribution is -2.04. The number of aromatic carboxylic acids is 1. The Hall–Kier alpha value is -3.11. The van der Waals surface area contributed by atoms with E-state index in [1.807, 2.05) is 42.6 Å². The Morgan fingerprint density at radius 2 is 2.00 bits per heavy atom. The number of carboxylic acids is 1. The van der Waals surface area contributed by atoms with Crippen LogP contribution in [0.2, 0.25) is 5.02 Å². The van der Waals surface area contributed by atoms with Crippen LogP contribution in [0.15, 0.2) is 67.0 Å². The number of pyridine rings is 1. The first-order valence-corrected chi connectivity index (χ1v) is 8.93. The van der Waals surface area contributed by atoms with Gasteiger partial charge in [-0.1, -0.05) is 23.7 Å². The number of hydrogen-bond donors (Lipinski definition) is 1. The molecule has 0 aliphatic rings. The van der Waals surface area contributed by atoms with Crippen LogP contribution in [-0.4, -0.2) is 20.6 Å². The second kappa shape index (κ2) is 6.89. The molecule has 0 unspecified atom stereocenters. The van der Waals surface area contributed by atoms with Crippen LogP contribution in [0.25, 0.3) is 22.2 Å². The van der Waals surface area contributed by atoms with Crippen molar-refractivity contribution in [3.8, 4) is 11.3 Å². The van der Waals surface area contributed by atoms with E-state index in [-0.39, 0.29) is 5.56 Å². The first-order chi connectivity index (χ1) is 13.0. The van der Waals surface area contributed by atoms with Crippen molar-refractivity contribution in [2.75, 3.05) is 0 Å². The Balaban J connectivity index is 1.93. The molecule has 0 atom stereocenters. The van der Waals surface area contributed by atoms with Gasteiger partial charge in [-0.2, -0.15) is 0 Å². The van der Waals surface area contributed by atoms with E-state index in [0.29, 0.717) is 11.6 Å². The standard InChI is InChI=1S/C22H17ClN2O2/c1-14-19-11-18(23)7-8-20(19)25(21(14)17-6-3-9-24-12-17)13-15-4-2-5-16(10-15)22(26)27/h2-12H,13H2,1H3,(H,26,27). The van der Waals surface area contributed by atoms with Gasteiger partial charge in [0.15, 0.2) is 0 Å². The third-order valence-electron chi connectivity index (χ3n) is 4.73. The number of carboxylic acid groups (broad SMARTS) is 1. The number of halogens is 1. The number of benzene rings is 2. The van der Waals surface area contributed by atoms with E-state index in [1.165, 1.54) is 0 Å². The van der Waals surface area contributed by atoms with E-state index in [1.54, 1.807) is 24.4 Å². The molecule has 0 saturated carbocycles. The molecule has 0 spiro atoms. The van der Waals surface area contributed by atoms with Crippen molar-refractivity contribution < 1.29 is 9.90 Å². The second-order valence-electron chi connectivity index (χ2n) is 6.47. The fourth-order valence-corrected chi connectivity index (χ4v) is 3.69. The lowest BCUT2D eigenvalue weighted by Gasteiger charge is -2.12. The highest BCUT2D eigenvalue weighted by molar-refractivity contribution is 6.31. The molecule has 1 N–H and O–H groups in total. The highest BCUT2D eigenvalue weighted by Gasteiger charge is 2.17. The molecule has 2 aromatic carbocycles. The van der Waals surface area contributed by atoms with E-state index in [9.17, 15) is 9.90 Å². The van der Waals surface area contributed by atoms with Gasteiger partial charge in [0.25, 0.3) is 0 Å². The monoisotopic (exact) mass is 376 g/mol. The number of carbonyl (C=O) groups is 1. The maximum Gasteiger partial charge on any atom is 0.335 e. The fraction of sp³-hybridized carbons (Fsp3) is 0.0909. The average molecular weight is 377 g/mol. The van der Waals surface area contributed by atoms with Crippen molar-refractivity contribution in [2.24, 2.45) is 0 Å². The summed E-state index contributed by atoms with van der Waals surface area (Å²) >= 11 is 6.23.